The van der Waals surface area contributed by atoms with Crippen molar-refractivity contribution in [1.82, 2.24) is 0 Å². The van der Waals surface area contributed by atoms with E-state index in [4.69, 9.17) is 9.94 Å². The highest BCUT2D eigenvalue weighted by Crippen LogP contribution is 2.67. The Morgan fingerprint density at radius 3 is 2.55 bits per heavy atom. The number of hydrogen-bond donors (Lipinski definition) is 2. The molecule has 4 aliphatic carbocycles. The standard InChI is InChI=1S/C23H33NO5/c1-14(25)23(28)11-8-19-17-5-4-15-12-16(24-29-13-20(26)27)6-9-21(15,2)18(17)7-10-22(19,23)3/h12,17-19,28H,4-11,13H2,1-3H3,(H,26,27)/t17-,18-,19+,21-,22-,23-/m0/s1. The van der Waals surface area contributed by atoms with E-state index < -0.39 is 18.2 Å². The molecule has 2 N–H and O–H groups in total. The molecule has 0 heterocycles. The minimum atomic E-state index is -1.16. The third-order valence-corrected chi connectivity index (χ3v) is 9.08. The average Bonchev–Trinajstić information content (AvgIpc) is 2.94. The number of carbonyl (C=O) groups is 2. The van der Waals surface area contributed by atoms with E-state index in [9.17, 15) is 14.7 Å². The van der Waals surface area contributed by atoms with E-state index in [-0.39, 0.29) is 16.6 Å². The number of oxime groups is 1. The van der Waals surface area contributed by atoms with E-state index in [0.29, 0.717) is 24.2 Å². The molecular formula is C23H33NO5. The van der Waals surface area contributed by atoms with Crippen LogP contribution in [-0.4, -0.2) is 39.9 Å². The minimum absolute atomic E-state index is 0.0663. The number of fused-ring (bicyclic) bond motifs is 5. The Labute approximate surface area is 172 Å². The molecule has 3 fully saturated rings. The zero-order chi connectivity index (χ0) is 21.0. The molecule has 0 amide bonds. The Balaban J connectivity index is 1.57. The summed E-state index contributed by atoms with van der Waals surface area (Å²) < 4.78 is 0. The zero-order valence-electron chi connectivity index (χ0n) is 17.7. The number of aliphatic carboxylic acids is 1. The van der Waals surface area contributed by atoms with Crippen molar-refractivity contribution in [3.05, 3.63) is 11.6 Å². The van der Waals surface area contributed by atoms with Crippen LogP contribution in [0.1, 0.15) is 72.1 Å². The van der Waals surface area contributed by atoms with Gasteiger partial charge in [0.05, 0.1) is 5.71 Å². The van der Waals surface area contributed by atoms with Gasteiger partial charge in [-0.15, -0.1) is 0 Å². The van der Waals surface area contributed by atoms with Gasteiger partial charge in [0.2, 0.25) is 6.61 Å². The molecule has 160 valence electrons. The Morgan fingerprint density at radius 1 is 1.14 bits per heavy atom. The van der Waals surface area contributed by atoms with Crippen molar-refractivity contribution in [2.24, 2.45) is 33.7 Å². The van der Waals surface area contributed by atoms with Crippen molar-refractivity contribution in [3.63, 3.8) is 0 Å². The predicted molar refractivity (Wildman–Crippen MR) is 108 cm³/mol. The first kappa shape index (κ1) is 20.6. The summed E-state index contributed by atoms with van der Waals surface area (Å²) in [4.78, 5) is 27.9. The van der Waals surface area contributed by atoms with Crippen LogP contribution < -0.4 is 0 Å². The number of Topliss-reactive ketones (excluding diaryl/α,β-unsaturated/α-hetero) is 1. The van der Waals surface area contributed by atoms with Gasteiger partial charge in [-0.05, 0) is 87.5 Å². The molecule has 0 bridgehead atoms. The third kappa shape index (κ3) is 2.97. The molecule has 0 unspecified atom stereocenters. The molecule has 6 nitrogen and oxygen atoms in total. The van der Waals surface area contributed by atoms with Crippen LogP contribution in [0.5, 0.6) is 0 Å². The van der Waals surface area contributed by atoms with Crippen LogP contribution in [0.15, 0.2) is 16.8 Å². The van der Waals surface area contributed by atoms with Gasteiger partial charge >= 0.3 is 5.97 Å². The SMILES string of the molecule is CC(=O)[C@@]1(O)CC[C@@H]2[C@H]3CCC4=CC(=NOCC(=O)O)CC[C@]4(C)[C@H]3CC[C@@]21C. The van der Waals surface area contributed by atoms with Crippen molar-refractivity contribution >= 4 is 17.5 Å². The Morgan fingerprint density at radius 2 is 1.86 bits per heavy atom. The molecule has 0 radical (unpaired) electrons. The van der Waals surface area contributed by atoms with Crippen molar-refractivity contribution < 1.29 is 24.6 Å². The van der Waals surface area contributed by atoms with E-state index in [1.807, 2.05) is 0 Å². The normalized spacial score (nSPS) is 45.0. The minimum Gasteiger partial charge on any atom is -0.479 e. The molecule has 3 saturated carbocycles. The second-order valence-electron chi connectivity index (χ2n) is 10.2. The van der Waals surface area contributed by atoms with Gasteiger partial charge in [-0.3, -0.25) is 4.79 Å². The lowest BCUT2D eigenvalue weighted by Gasteiger charge is -2.59. The van der Waals surface area contributed by atoms with Crippen LogP contribution >= 0.6 is 0 Å². The number of nitrogens with zero attached hydrogens (tertiary/aromatic N) is 1. The van der Waals surface area contributed by atoms with Crippen molar-refractivity contribution in [2.45, 2.75) is 77.7 Å². The fourth-order valence-electron chi connectivity index (χ4n) is 7.41. The molecule has 0 saturated heterocycles. The molecule has 4 aliphatic rings. The molecule has 0 aliphatic heterocycles. The smallest absolute Gasteiger partial charge is 0.344 e. The van der Waals surface area contributed by atoms with Gasteiger partial charge in [0, 0.05) is 5.41 Å². The summed E-state index contributed by atoms with van der Waals surface area (Å²) in [6, 6.07) is 0. The Kier molecular flexibility index (Phi) is 4.92. The lowest BCUT2D eigenvalue weighted by Crippen LogP contribution is -2.57. The maximum atomic E-state index is 12.3. The monoisotopic (exact) mass is 403 g/mol. The summed E-state index contributed by atoms with van der Waals surface area (Å²) in [6.07, 6.45) is 9.50. The second kappa shape index (κ2) is 6.93. The average molecular weight is 404 g/mol. The molecule has 0 aromatic heterocycles. The van der Waals surface area contributed by atoms with Crippen LogP contribution in [0.2, 0.25) is 0 Å². The number of allylic oxidation sites excluding steroid dienone is 2. The lowest BCUT2D eigenvalue weighted by atomic mass is 9.46. The van der Waals surface area contributed by atoms with Gasteiger partial charge in [0.15, 0.2) is 5.78 Å². The summed E-state index contributed by atoms with van der Waals surface area (Å²) in [5.74, 6) is 0.434. The van der Waals surface area contributed by atoms with Crippen molar-refractivity contribution in [3.8, 4) is 0 Å². The number of rotatable bonds is 4. The van der Waals surface area contributed by atoms with Crippen LogP contribution in [0.3, 0.4) is 0 Å². The van der Waals surface area contributed by atoms with Crippen LogP contribution in [0, 0.1) is 28.6 Å². The fourth-order valence-corrected chi connectivity index (χ4v) is 7.41. The second-order valence-corrected chi connectivity index (χ2v) is 10.2. The number of carboxylic acids is 1. The van der Waals surface area contributed by atoms with Gasteiger partial charge in [0.25, 0.3) is 0 Å². The molecule has 4 rings (SSSR count). The van der Waals surface area contributed by atoms with E-state index >= 15 is 0 Å². The van der Waals surface area contributed by atoms with Gasteiger partial charge in [-0.25, -0.2) is 4.79 Å². The number of carboxylic acid groups (broad SMARTS) is 1. The molecule has 0 aromatic rings. The first-order chi connectivity index (χ1) is 13.6. The first-order valence-corrected chi connectivity index (χ1v) is 11.0. The van der Waals surface area contributed by atoms with Crippen molar-refractivity contribution in [1.29, 1.82) is 0 Å². The number of hydrogen-bond acceptors (Lipinski definition) is 5. The molecule has 29 heavy (non-hydrogen) atoms. The van der Waals surface area contributed by atoms with Gasteiger partial charge in [-0.1, -0.05) is 24.6 Å². The van der Waals surface area contributed by atoms with Crippen LogP contribution in [0.4, 0.5) is 0 Å². The number of aliphatic hydroxyl groups is 1. The fraction of sp³-hybridized carbons (Fsp3) is 0.783. The van der Waals surface area contributed by atoms with Gasteiger partial charge < -0.3 is 15.1 Å². The van der Waals surface area contributed by atoms with Gasteiger partial charge in [0.1, 0.15) is 5.60 Å². The summed E-state index contributed by atoms with van der Waals surface area (Å²) in [6.45, 7) is 5.67. The maximum Gasteiger partial charge on any atom is 0.344 e. The van der Waals surface area contributed by atoms with Crippen LogP contribution in [-0.2, 0) is 14.4 Å². The summed E-state index contributed by atoms with van der Waals surface area (Å²) in [5.41, 5.74) is 0.903. The quantitative estimate of drug-likeness (QED) is 0.697. The molecular weight excluding hydrogens is 370 g/mol. The highest BCUT2D eigenvalue weighted by molar-refractivity contribution is 5.96. The highest BCUT2D eigenvalue weighted by Gasteiger charge is 2.65. The molecule has 0 aromatic carbocycles. The van der Waals surface area contributed by atoms with E-state index in [1.165, 1.54) is 5.57 Å². The number of carbonyl (C=O) groups excluding carboxylic acids is 1. The molecule has 6 heteroatoms. The van der Waals surface area contributed by atoms with Gasteiger partial charge in [-0.2, -0.15) is 0 Å². The Bertz CT molecular complexity index is 788. The van der Waals surface area contributed by atoms with Crippen LogP contribution in [0.25, 0.3) is 0 Å². The maximum absolute atomic E-state index is 12.3. The largest absolute Gasteiger partial charge is 0.479 e. The first-order valence-electron chi connectivity index (χ1n) is 11.0. The third-order valence-electron chi connectivity index (χ3n) is 9.08. The van der Waals surface area contributed by atoms with Crippen molar-refractivity contribution in [2.75, 3.05) is 6.61 Å². The van der Waals surface area contributed by atoms with E-state index in [1.54, 1.807) is 6.92 Å². The summed E-state index contributed by atoms with van der Waals surface area (Å²) >= 11 is 0. The highest BCUT2D eigenvalue weighted by atomic mass is 16.6. The zero-order valence-corrected chi connectivity index (χ0v) is 17.7. The Hall–Kier alpha value is -1.69. The molecule has 6 atom stereocenters. The number of ketones is 1. The van der Waals surface area contributed by atoms with E-state index in [2.05, 4.69) is 25.1 Å². The topological polar surface area (TPSA) is 96.2 Å². The lowest BCUT2D eigenvalue weighted by molar-refractivity contribution is -0.159. The summed E-state index contributed by atoms with van der Waals surface area (Å²) in [5, 5.41) is 24.0. The molecule has 0 spiro atoms. The predicted octanol–water partition coefficient (Wildman–Crippen LogP) is 3.73. The summed E-state index contributed by atoms with van der Waals surface area (Å²) in [7, 11) is 0. The van der Waals surface area contributed by atoms with E-state index in [0.717, 1.165) is 50.7 Å².